The minimum absolute atomic E-state index is 0.186. The Bertz CT molecular complexity index is 451. The second kappa shape index (κ2) is 4.98. The number of aromatic nitrogens is 1. The molecule has 0 unspecified atom stereocenters. The Labute approximate surface area is 105 Å². The molecule has 0 saturated carbocycles. The van der Waals surface area contributed by atoms with Gasteiger partial charge in [-0.1, -0.05) is 0 Å². The SMILES string of the molecule is O=[N+]([O-])c1c(I)cc(OC(F)(F)F)nc1CF. The molecular weight excluding hydrogens is 363 g/mol. The Morgan fingerprint density at radius 3 is 2.53 bits per heavy atom. The molecule has 0 bridgehead atoms. The van der Waals surface area contributed by atoms with E-state index in [0.717, 1.165) is 0 Å². The zero-order valence-electron chi connectivity index (χ0n) is 7.79. The summed E-state index contributed by atoms with van der Waals surface area (Å²) in [5.74, 6) is -0.930. The molecule has 0 fully saturated rings. The van der Waals surface area contributed by atoms with Gasteiger partial charge < -0.3 is 4.74 Å². The van der Waals surface area contributed by atoms with E-state index in [2.05, 4.69) is 9.72 Å². The molecule has 0 aliphatic carbocycles. The second-order valence-corrected chi connectivity index (χ2v) is 3.84. The summed E-state index contributed by atoms with van der Waals surface area (Å²) in [5.41, 5.74) is -1.37. The molecule has 0 spiro atoms. The Balaban J connectivity index is 3.23. The number of pyridine rings is 1. The first-order valence-corrected chi connectivity index (χ1v) is 4.98. The van der Waals surface area contributed by atoms with Crippen molar-refractivity contribution in [3.05, 3.63) is 25.4 Å². The Hall–Kier alpha value is -1.20. The van der Waals surface area contributed by atoms with Crippen LogP contribution in [0.25, 0.3) is 0 Å². The van der Waals surface area contributed by atoms with E-state index in [1.807, 2.05) is 0 Å². The van der Waals surface area contributed by atoms with Crippen LogP contribution in [0.5, 0.6) is 5.88 Å². The van der Waals surface area contributed by atoms with Crippen molar-refractivity contribution in [2.24, 2.45) is 0 Å². The summed E-state index contributed by atoms with van der Waals surface area (Å²) in [7, 11) is 0. The van der Waals surface area contributed by atoms with Crippen LogP contribution in [0.3, 0.4) is 0 Å². The molecule has 1 rings (SSSR count). The van der Waals surface area contributed by atoms with E-state index in [4.69, 9.17) is 0 Å². The van der Waals surface area contributed by atoms with Crippen molar-refractivity contribution in [1.82, 2.24) is 4.98 Å². The van der Waals surface area contributed by atoms with Gasteiger partial charge in [0.25, 0.3) is 0 Å². The Morgan fingerprint density at radius 1 is 1.53 bits per heavy atom. The normalized spacial score (nSPS) is 11.4. The maximum absolute atomic E-state index is 12.4. The molecule has 1 aromatic heterocycles. The minimum atomic E-state index is -4.99. The van der Waals surface area contributed by atoms with Crippen molar-refractivity contribution in [3.63, 3.8) is 0 Å². The van der Waals surface area contributed by atoms with Crippen LogP contribution < -0.4 is 4.74 Å². The van der Waals surface area contributed by atoms with Crippen molar-refractivity contribution in [2.45, 2.75) is 13.0 Å². The molecule has 0 atom stereocenters. The average molecular weight is 366 g/mol. The highest BCUT2D eigenvalue weighted by Gasteiger charge is 2.33. The molecular formula is C7H3F4IN2O3. The molecule has 0 aromatic carbocycles. The maximum atomic E-state index is 12.4. The van der Waals surface area contributed by atoms with Crippen LogP contribution in [-0.2, 0) is 6.67 Å². The standard InChI is InChI=1S/C7H3F4IN2O3/c8-2-4-6(14(15)16)3(12)1-5(13-4)17-7(9,10)11/h1H,2H2. The van der Waals surface area contributed by atoms with Gasteiger partial charge in [0.15, 0.2) is 5.69 Å². The van der Waals surface area contributed by atoms with Gasteiger partial charge in [0.05, 0.1) is 8.49 Å². The lowest BCUT2D eigenvalue weighted by atomic mass is 10.3. The van der Waals surface area contributed by atoms with Gasteiger partial charge in [-0.2, -0.15) is 0 Å². The third-order valence-corrected chi connectivity index (χ3v) is 2.35. The number of nitro groups is 1. The smallest absolute Gasteiger partial charge is 0.388 e. The van der Waals surface area contributed by atoms with Crippen molar-refractivity contribution >= 4 is 28.3 Å². The number of nitrogens with zero attached hydrogens (tertiary/aromatic N) is 2. The van der Waals surface area contributed by atoms with E-state index in [9.17, 15) is 27.7 Å². The molecule has 1 heterocycles. The molecule has 5 nitrogen and oxygen atoms in total. The molecule has 1 aromatic rings. The van der Waals surface area contributed by atoms with Gasteiger partial charge in [0, 0.05) is 6.07 Å². The summed E-state index contributed by atoms with van der Waals surface area (Å²) in [6, 6.07) is 0.714. The molecule has 10 heteroatoms. The summed E-state index contributed by atoms with van der Waals surface area (Å²) < 4.78 is 51.3. The molecule has 94 valence electrons. The van der Waals surface area contributed by atoms with Crippen LogP contribution in [0.4, 0.5) is 23.2 Å². The van der Waals surface area contributed by atoms with E-state index in [-0.39, 0.29) is 3.57 Å². The summed E-state index contributed by atoms with van der Waals surface area (Å²) >= 11 is 1.41. The highest BCUT2D eigenvalue weighted by Crippen LogP contribution is 2.30. The topological polar surface area (TPSA) is 65.3 Å². The molecule has 0 aliphatic heterocycles. The third kappa shape index (κ3) is 3.64. The highest BCUT2D eigenvalue weighted by atomic mass is 127. The van der Waals surface area contributed by atoms with E-state index < -0.39 is 35.2 Å². The largest absolute Gasteiger partial charge is 0.574 e. The summed E-state index contributed by atoms with van der Waals surface area (Å²) in [4.78, 5) is 12.7. The van der Waals surface area contributed by atoms with Gasteiger partial charge in [0.2, 0.25) is 5.88 Å². The van der Waals surface area contributed by atoms with Crippen LogP contribution in [-0.4, -0.2) is 16.3 Å². The zero-order valence-corrected chi connectivity index (χ0v) is 9.95. The van der Waals surface area contributed by atoms with Crippen molar-refractivity contribution in [1.29, 1.82) is 0 Å². The number of ether oxygens (including phenoxy) is 1. The van der Waals surface area contributed by atoms with Crippen molar-refractivity contribution in [3.8, 4) is 5.88 Å². The van der Waals surface area contributed by atoms with Gasteiger partial charge >= 0.3 is 12.0 Å². The lowest BCUT2D eigenvalue weighted by molar-refractivity contribution is -0.387. The van der Waals surface area contributed by atoms with Crippen LogP contribution in [0.15, 0.2) is 6.07 Å². The number of rotatable bonds is 3. The lowest BCUT2D eigenvalue weighted by Gasteiger charge is -2.09. The fourth-order valence-corrected chi connectivity index (χ4v) is 1.76. The maximum Gasteiger partial charge on any atom is 0.574 e. The average Bonchev–Trinajstić information content (AvgIpc) is 2.12. The number of halogens is 5. The molecule has 0 aliphatic rings. The van der Waals surface area contributed by atoms with E-state index >= 15 is 0 Å². The predicted molar refractivity (Wildman–Crippen MR) is 55.1 cm³/mol. The number of hydrogen-bond acceptors (Lipinski definition) is 4. The summed E-state index contributed by atoms with van der Waals surface area (Å²) in [6.07, 6.45) is -4.99. The van der Waals surface area contributed by atoms with Crippen LogP contribution >= 0.6 is 22.6 Å². The molecule has 0 saturated heterocycles. The molecule has 0 amide bonds. The minimum Gasteiger partial charge on any atom is -0.388 e. The van der Waals surface area contributed by atoms with E-state index in [0.29, 0.717) is 6.07 Å². The van der Waals surface area contributed by atoms with Gasteiger partial charge in [-0.25, -0.2) is 9.37 Å². The van der Waals surface area contributed by atoms with Crippen LogP contribution in [0.2, 0.25) is 0 Å². The quantitative estimate of drug-likeness (QED) is 0.357. The Kier molecular flexibility index (Phi) is 4.06. The lowest BCUT2D eigenvalue weighted by Crippen LogP contribution is -2.18. The molecule has 17 heavy (non-hydrogen) atoms. The van der Waals surface area contributed by atoms with Gasteiger partial charge in [0.1, 0.15) is 6.67 Å². The second-order valence-electron chi connectivity index (χ2n) is 2.68. The Morgan fingerprint density at radius 2 is 2.12 bits per heavy atom. The summed E-state index contributed by atoms with van der Waals surface area (Å²) in [5, 5.41) is 10.5. The zero-order chi connectivity index (χ0) is 13.2. The predicted octanol–water partition coefficient (Wildman–Crippen LogP) is 2.96. The monoisotopic (exact) mass is 366 g/mol. The van der Waals surface area contributed by atoms with Gasteiger partial charge in [-0.05, 0) is 22.6 Å². The van der Waals surface area contributed by atoms with Crippen LogP contribution in [0.1, 0.15) is 5.69 Å². The van der Waals surface area contributed by atoms with Gasteiger partial charge in [-0.15, -0.1) is 13.2 Å². The summed E-state index contributed by atoms with van der Waals surface area (Å²) in [6.45, 7) is -1.36. The number of alkyl halides is 4. The first-order valence-electron chi connectivity index (χ1n) is 3.90. The molecule has 0 N–H and O–H groups in total. The van der Waals surface area contributed by atoms with Gasteiger partial charge in [-0.3, -0.25) is 10.1 Å². The highest BCUT2D eigenvalue weighted by molar-refractivity contribution is 14.1. The number of hydrogen-bond donors (Lipinski definition) is 0. The van der Waals surface area contributed by atoms with E-state index in [1.165, 1.54) is 22.6 Å². The van der Waals surface area contributed by atoms with Crippen molar-refractivity contribution < 1.29 is 27.2 Å². The first kappa shape index (κ1) is 13.9. The molecule has 0 radical (unpaired) electrons. The fraction of sp³-hybridized carbons (Fsp3) is 0.286. The van der Waals surface area contributed by atoms with E-state index in [1.54, 1.807) is 0 Å². The first-order chi connectivity index (χ1) is 7.74. The third-order valence-electron chi connectivity index (χ3n) is 1.52. The fourth-order valence-electron chi connectivity index (χ4n) is 0.989. The van der Waals surface area contributed by atoms with Crippen molar-refractivity contribution in [2.75, 3.05) is 0 Å². The van der Waals surface area contributed by atoms with Crippen LogP contribution in [0, 0.1) is 13.7 Å².